The third kappa shape index (κ3) is 4.62. The van der Waals surface area contributed by atoms with Gasteiger partial charge in [-0.1, -0.05) is 43.9 Å². The average molecular weight is 387 g/mol. The second-order valence-corrected chi connectivity index (χ2v) is 7.45. The highest BCUT2D eigenvalue weighted by atomic mass is 16.5. The monoisotopic (exact) mass is 387 g/mol. The third-order valence-electron chi connectivity index (χ3n) is 5.46. The number of benzene rings is 2. The van der Waals surface area contributed by atoms with Crippen LogP contribution < -0.4 is 10.1 Å². The molecule has 3 aromatic rings. The summed E-state index contributed by atoms with van der Waals surface area (Å²) in [6.07, 6.45) is 7.51. The number of methoxy groups -OCH3 is 1. The zero-order valence-corrected chi connectivity index (χ0v) is 16.6. The van der Waals surface area contributed by atoms with Crippen molar-refractivity contribution in [2.24, 2.45) is 5.92 Å². The SMILES string of the molecule is COc1ccc(-c2cnc(NC(=O)c3ccccc3)c(CC3CCCC3)n2)cc1. The number of ether oxygens (including phenoxy) is 1. The van der Waals surface area contributed by atoms with Crippen LogP contribution in [0.1, 0.15) is 41.7 Å². The van der Waals surface area contributed by atoms with Gasteiger partial charge in [0, 0.05) is 11.1 Å². The standard InChI is InChI=1S/C24H25N3O2/c1-29-20-13-11-18(12-14-20)22-16-25-23(21(26-22)15-17-7-5-6-8-17)27-24(28)19-9-3-2-4-10-19/h2-4,9-14,16-17H,5-8,15H2,1H3,(H,25,27,28). The summed E-state index contributed by atoms with van der Waals surface area (Å²) in [5, 5.41) is 2.97. The highest BCUT2D eigenvalue weighted by molar-refractivity contribution is 6.04. The highest BCUT2D eigenvalue weighted by Crippen LogP contribution is 2.30. The Hall–Kier alpha value is -3.21. The van der Waals surface area contributed by atoms with Crippen LogP contribution in [0.15, 0.2) is 60.8 Å². The van der Waals surface area contributed by atoms with E-state index in [1.807, 2.05) is 42.5 Å². The lowest BCUT2D eigenvalue weighted by atomic mass is 10.0. The minimum Gasteiger partial charge on any atom is -0.497 e. The molecule has 0 atom stereocenters. The molecule has 0 unspecified atom stereocenters. The number of anilines is 1. The molecule has 2 aromatic carbocycles. The van der Waals surface area contributed by atoms with Crippen molar-refractivity contribution in [3.8, 4) is 17.0 Å². The van der Waals surface area contributed by atoms with Gasteiger partial charge in [0.15, 0.2) is 5.82 Å². The molecule has 0 bridgehead atoms. The number of nitrogens with one attached hydrogen (secondary N) is 1. The van der Waals surface area contributed by atoms with Crippen LogP contribution in [-0.2, 0) is 6.42 Å². The van der Waals surface area contributed by atoms with Crippen molar-refractivity contribution in [3.05, 3.63) is 72.1 Å². The summed E-state index contributed by atoms with van der Waals surface area (Å²) < 4.78 is 5.24. The van der Waals surface area contributed by atoms with Gasteiger partial charge >= 0.3 is 0 Å². The molecule has 0 spiro atoms. The largest absolute Gasteiger partial charge is 0.497 e. The van der Waals surface area contributed by atoms with Gasteiger partial charge in [0.25, 0.3) is 5.91 Å². The first kappa shape index (κ1) is 19.1. The number of aromatic nitrogens is 2. The quantitative estimate of drug-likeness (QED) is 0.636. The van der Waals surface area contributed by atoms with E-state index in [4.69, 9.17) is 9.72 Å². The molecular formula is C24H25N3O2. The molecular weight excluding hydrogens is 362 g/mol. The molecule has 1 saturated carbocycles. The molecule has 1 aromatic heterocycles. The van der Waals surface area contributed by atoms with Crippen LogP contribution in [0.3, 0.4) is 0 Å². The lowest BCUT2D eigenvalue weighted by Crippen LogP contribution is -2.16. The first-order valence-electron chi connectivity index (χ1n) is 10.1. The van der Waals surface area contributed by atoms with Crippen molar-refractivity contribution in [1.29, 1.82) is 0 Å². The van der Waals surface area contributed by atoms with Crippen LogP contribution in [0.4, 0.5) is 5.82 Å². The first-order valence-corrected chi connectivity index (χ1v) is 10.1. The van der Waals surface area contributed by atoms with E-state index in [0.29, 0.717) is 17.3 Å². The summed E-state index contributed by atoms with van der Waals surface area (Å²) in [6.45, 7) is 0. The van der Waals surface area contributed by atoms with Gasteiger partial charge in [-0.2, -0.15) is 0 Å². The van der Waals surface area contributed by atoms with E-state index in [9.17, 15) is 4.79 Å². The third-order valence-corrected chi connectivity index (χ3v) is 5.46. The van der Waals surface area contributed by atoms with Crippen molar-refractivity contribution < 1.29 is 9.53 Å². The zero-order chi connectivity index (χ0) is 20.1. The molecule has 1 aliphatic rings. The molecule has 5 heteroatoms. The van der Waals surface area contributed by atoms with E-state index in [2.05, 4.69) is 10.3 Å². The number of hydrogen-bond donors (Lipinski definition) is 1. The molecule has 148 valence electrons. The second-order valence-electron chi connectivity index (χ2n) is 7.45. The van der Waals surface area contributed by atoms with Gasteiger partial charge in [-0.05, 0) is 48.7 Å². The fourth-order valence-corrected chi connectivity index (χ4v) is 3.83. The molecule has 0 aliphatic heterocycles. The van der Waals surface area contributed by atoms with E-state index in [-0.39, 0.29) is 5.91 Å². The predicted octanol–water partition coefficient (Wildman–Crippen LogP) is 5.14. The molecule has 1 amide bonds. The number of carbonyl (C=O) groups excluding carboxylic acids is 1. The summed E-state index contributed by atoms with van der Waals surface area (Å²) in [6, 6.07) is 17.0. The summed E-state index contributed by atoms with van der Waals surface area (Å²) in [7, 11) is 1.65. The summed E-state index contributed by atoms with van der Waals surface area (Å²) in [5.41, 5.74) is 3.25. The molecule has 1 fully saturated rings. The lowest BCUT2D eigenvalue weighted by Gasteiger charge is -2.14. The van der Waals surface area contributed by atoms with E-state index in [1.165, 1.54) is 25.7 Å². The number of hydrogen-bond acceptors (Lipinski definition) is 4. The van der Waals surface area contributed by atoms with Crippen molar-refractivity contribution >= 4 is 11.7 Å². The first-order chi connectivity index (χ1) is 14.2. The van der Waals surface area contributed by atoms with Crippen LogP contribution in [-0.4, -0.2) is 23.0 Å². The maximum absolute atomic E-state index is 12.6. The van der Waals surface area contributed by atoms with Gasteiger partial charge in [0.2, 0.25) is 0 Å². The van der Waals surface area contributed by atoms with Gasteiger partial charge in [0.1, 0.15) is 5.75 Å². The summed E-state index contributed by atoms with van der Waals surface area (Å²) >= 11 is 0. The number of amides is 1. The topological polar surface area (TPSA) is 64.1 Å². The van der Waals surface area contributed by atoms with E-state index >= 15 is 0 Å². The summed E-state index contributed by atoms with van der Waals surface area (Å²) in [5.74, 6) is 1.80. The van der Waals surface area contributed by atoms with Crippen molar-refractivity contribution in [3.63, 3.8) is 0 Å². The van der Waals surface area contributed by atoms with E-state index in [1.54, 1.807) is 25.4 Å². The number of carbonyl (C=O) groups is 1. The maximum Gasteiger partial charge on any atom is 0.256 e. The van der Waals surface area contributed by atoms with Gasteiger partial charge in [-0.15, -0.1) is 0 Å². The fourth-order valence-electron chi connectivity index (χ4n) is 3.83. The second kappa shape index (κ2) is 8.86. The Bertz CT molecular complexity index is 965. The van der Waals surface area contributed by atoms with Gasteiger partial charge in [-0.25, -0.2) is 9.97 Å². The molecule has 4 rings (SSSR count). The van der Waals surface area contributed by atoms with Crippen LogP contribution >= 0.6 is 0 Å². The van der Waals surface area contributed by atoms with Gasteiger partial charge in [-0.3, -0.25) is 4.79 Å². The van der Waals surface area contributed by atoms with Crippen LogP contribution in [0.2, 0.25) is 0 Å². The Morgan fingerprint density at radius 2 is 1.79 bits per heavy atom. The Labute approximate surface area is 171 Å². The zero-order valence-electron chi connectivity index (χ0n) is 16.6. The molecule has 1 aliphatic carbocycles. The molecule has 0 saturated heterocycles. The Morgan fingerprint density at radius 1 is 1.07 bits per heavy atom. The van der Waals surface area contributed by atoms with Crippen molar-refractivity contribution in [2.75, 3.05) is 12.4 Å². The fraction of sp³-hybridized carbons (Fsp3) is 0.292. The Balaban J connectivity index is 1.63. The molecule has 1 heterocycles. The van der Waals surface area contributed by atoms with Gasteiger partial charge < -0.3 is 10.1 Å². The molecule has 29 heavy (non-hydrogen) atoms. The van der Waals surface area contributed by atoms with Crippen LogP contribution in [0.5, 0.6) is 5.75 Å². The van der Waals surface area contributed by atoms with E-state index in [0.717, 1.165) is 29.1 Å². The Kier molecular flexibility index (Phi) is 5.84. The lowest BCUT2D eigenvalue weighted by molar-refractivity contribution is 0.102. The van der Waals surface area contributed by atoms with Crippen LogP contribution in [0, 0.1) is 5.92 Å². The minimum absolute atomic E-state index is 0.162. The Morgan fingerprint density at radius 3 is 2.48 bits per heavy atom. The van der Waals surface area contributed by atoms with Gasteiger partial charge in [0.05, 0.1) is 24.7 Å². The smallest absolute Gasteiger partial charge is 0.256 e. The van der Waals surface area contributed by atoms with E-state index < -0.39 is 0 Å². The average Bonchev–Trinajstić information content (AvgIpc) is 3.29. The minimum atomic E-state index is -0.162. The normalized spacial score (nSPS) is 14.0. The predicted molar refractivity (Wildman–Crippen MR) is 114 cm³/mol. The van der Waals surface area contributed by atoms with Crippen LogP contribution in [0.25, 0.3) is 11.3 Å². The highest BCUT2D eigenvalue weighted by Gasteiger charge is 2.20. The molecule has 1 N–H and O–H groups in total. The molecule has 5 nitrogen and oxygen atoms in total. The van der Waals surface area contributed by atoms with Crippen molar-refractivity contribution in [1.82, 2.24) is 9.97 Å². The number of nitrogens with zero attached hydrogens (tertiary/aromatic N) is 2. The number of rotatable bonds is 6. The van der Waals surface area contributed by atoms with Crippen molar-refractivity contribution in [2.45, 2.75) is 32.1 Å². The molecule has 0 radical (unpaired) electrons. The maximum atomic E-state index is 12.6. The summed E-state index contributed by atoms with van der Waals surface area (Å²) in [4.78, 5) is 22.1.